The first kappa shape index (κ1) is 30.0. The Bertz CT molecular complexity index is 2610. The summed E-state index contributed by atoms with van der Waals surface area (Å²) in [4.78, 5) is 4.65. The van der Waals surface area contributed by atoms with E-state index < -0.39 is 0 Å². The molecule has 3 nitrogen and oxygen atoms in total. The number of hydrogen-bond donors (Lipinski definition) is 0. The summed E-state index contributed by atoms with van der Waals surface area (Å²) in [5.41, 5.74) is 10.4. The summed E-state index contributed by atoms with van der Waals surface area (Å²) in [5.74, 6) is 0. The summed E-state index contributed by atoms with van der Waals surface area (Å²) in [6.07, 6.45) is 0. The van der Waals surface area contributed by atoms with E-state index in [0.29, 0.717) is 0 Å². The predicted octanol–water partition coefficient (Wildman–Crippen LogP) is 14.1. The zero-order valence-electron chi connectivity index (χ0n) is 27.1. The van der Waals surface area contributed by atoms with Gasteiger partial charge in [0.15, 0.2) is 0 Å². The average molecular weight is 708 g/mol. The number of anilines is 6. The van der Waals surface area contributed by atoms with E-state index in [-0.39, 0.29) is 0 Å². The lowest BCUT2D eigenvalue weighted by atomic mass is 10.0. The van der Waals surface area contributed by atoms with Crippen molar-refractivity contribution in [2.45, 2.75) is 0 Å². The Morgan fingerprint density at radius 3 is 1.64 bits per heavy atom. The molecular weight excluding hydrogens is 676 g/mol. The van der Waals surface area contributed by atoms with Crippen molar-refractivity contribution in [3.05, 3.63) is 193 Å². The van der Waals surface area contributed by atoms with Crippen LogP contribution in [0.1, 0.15) is 0 Å². The van der Waals surface area contributed by atoms with Gasteiger partial charge in [-0.2, -0.15) is 0 Å². The second-order valence-corrected chi connectivity index (χ2v) is 13.3. The summed E-state index contributed by atoms with van der Waals surface area (Å²) in [7, 11) is 0. The Hall–Kier alpha value is -6.10. The van der Waals surface area contributed by atoms with E-state index in [1.165, 1.54) is 21.9 Å². The second kappa shape index (κ2) is 12.7. The first-order valence-electron chi connectivity index (χ1n) is 16.7. The van der Waals surface area contributed by atoms with Crippen molar-refractivity contribution in [3.63, 3.8) is 0 Å². The Kier molecular flexibility index (Phi) is 7.64. The molecule has 238 valence electrons. The Morgan fingerprint density at radius 1 is 0.340 bits per heavy atom. The van der Waals surface area contributed by atoms with Crippen LogP contribution in [-0.4, -0.2) is 0 Å². The number of hydrogen-bond acceptors (Lipinski definition) is 3. The van der Waals surface area contributed by atoms with Crippen LogP contribution in [0.15, 0.2) is 197 Å². The third-order valence-electron chi connectivity index (χ3n) is 9.24. The lowest BCUT2D eigenvalue weighted by Gasteiger charge is -2.30. The van der Waals surface area contributed by atoms with Crippen LogP contribution in [0.25, 0.3) is 43.8 Å². The average Bonchev–Trinajstić information content (AvgIpc) is 3.54. The minimum Gasteiger partial charge on any atom is -0.456 e. The monoisotopic (exact) mass is 706 g/mol. The molecule has 0 aliphatic heterocycles. The Balaban J connectivity index is 1.23. The molecule has 0 aliphatic rings. The van der Waals surface area contributed by atoms with Crippen LogP contribution >= 0.6 is 15.9 Å². The van der Waals surface area contributed by atoms with Crippen LogP contribution in [0.2, 0.25) is 0 Å². The van der Waals surface area contributed by atoms with Gasteiger partial charge in [0.2, 0.25) is 0 Å². The van der Waals surface area contributed by atoms with Crippen LogP contribution in [0.5, 0.6) is 0 Å². The normalized spacial score (nSPS) is 11.3. The molecule has 0 radical (unpaired) electrons. The fourth-order valence-corrected chi connectivity index (χ4v) is 7.36. The highest BCUT2D eigenvalue weighted by Crippen LogP contribution is 2.44. The first-order chi connectivity index (χ1) is 24.7. The van der Waals surface area contributed by atoms with E-state index in [9.17, 15) is 0 Å². The molecule has 0 N–H and O–H groups in total. The summed E-state index contributed by atoms with van der Waals surface area (Å²) in [6.45, 7) is 0. The minimum atomic E-state index is 0.871. The number of rotatable bonds is 7. The van der Waals surface area contributed by atoms with Gasteiger partial charge < -0.3 is 14.2 Å². The quantitative estimate of drug-likeness (QED) is 0.164. The topological polar surface area (TPSA) is 19.6 Å². The molecule has 1 heterocycles. The highest BCUT2D eigenvalue weighted by molar-refractivity contribution is 9.10. The van der Waals surface area contributed by atoms with E-state index in [1.54, 1.807) is 0 Å². The minimum absolute atomic E-state index is 0.871. The van der Waals surface area contributed by atoms with Crippen molar-refractivity contribution in [2.75, 3.05) is 9.80 Å². The van der Waals surface area contributed by atoms with Crippen LogP contribution in [0, 0.1) is 0 Å². The van der Waals surface area contributed by atoms with Crippen molar-refractivity contribution in [1.82, 2.24) is 0 Å². The molecule has 9 rings (SSSR count). The lowest BCUT2D eigenvalue weighted by molar-refractivity contribution is 0.669. The Morgan fingerprint density at radius 2 is 0.880 bits per heavy atom. The van der Waals surface area contributed by atoms with E-state index in [1.807, 2.05) is 12.1 Å². The van der Waals surface area contributed by atoms with Gasteiger partial charge in [0, 0.05) is 49.4 Å². The molecule has 0 bridgehead atoms. The first-order valence-corrected chi connectivity index (χ1v) is 17.5. The number of furan rings is 1. The third-order valence-corrected chi connectivity index (χ3v) is 9.70. The van der Waals surface area contributed by atoms with Crippen LogP contribution in [0.4, 0.5) is 34.1 Å². The summed E-state index contributed by atoms with van der Waals surface area (Å²) >= 11 is 3.92. The van der Waals surface area contributed by atoms with Crippen molar-refractivity contribution >= 4 is 82.8 Å². The third kappa shape index (κ3) is 5.60. The zero-order chi connectivity index (χ0) is 33.4. The SMILES string of the molecule is Brc1cc(N(c2ccccc2)c2ccc3ccccc3c2)cc(N(c2ccc(-c3ccccc3)cc2)c2ccc3oc4ccccc4c3c2)c1. The van der Waals surface area contributed by atoms with E-state index in [2.05, 4.69) is 202 Å². The molecule has 0 saturated carbocycles. The molecule has 0 amide bonds. The maximum Gasteiger partial charge on any atom is 0.135 e. The second-order valence-electron chi connectivity index (χ2n) is 12.4. The molecule has 1 aromatic heterocycles. The molecule has 8 aromatic carbocycles. The Labute approximate surface area is 299 Å². The fraction of sp³-hybridized carbons (Fsp3) is 0. The van der Waals surface area contributed by atoms with Crippen LogP contribution in [-0.2, 0) is 0 Å². The molecule has 0 unspecified atom stereocenters. The molecule has 0 spiro atoms. The van der Waals surface area contributed by atoms with E-state index in [4.69, 9.17) is 4.42 Å². The number of fused-ring (bicyclic) bond motifs is 4. The highest BCUT2D eigenvalue weighted by Gasteiger charge is 2.20. The van der Waals surface area contributed by atoms with Crippen LogP contribution < -0.4 is 9.80 Å². The van der Waals surface area contributed by atoms with Gasteiger partial charge in [-0.3, -0.25) is 0 Å². The molecular formula is C46H31BrN2O. The van der Waals surface area contributed by atoms with Crippen molar-refractivity contribution < 1.29 is 4.42 Å². The van der Waals surface area contributed by atoms with Crippen molar-refractivity contribution in [1.29, 1.82) is 0 Å². The largest absolute Gasteiger partial charge is 0.456 e. The van der Waals surface area contributed by atoms with Crippen molar-refractivity contribution in [3.8, 4) is 11.1 Å². The maximum atomic E-state index is 6.23. The molecule has 0 saturated heterocycles. The smallest absolute Gasteiger partial charge is 0.135 e. The van der Waals surface area contributed by atoms with E-state index in [0.717, 1.165) is 60.5 Å². The maximum absolute atomic E-state index is 6.23. The molecule has 0 atom stereocenters. The van der Waals surface area contributed by atoms with Crippen LogP contribution in [0.3, 0.4) is 0 Å². The predicted molar refractivity (Wildman–Crippen MR) is 214 cm³/mol. The van der Waals surface area contributed by atoms with Gasteiger partial charge in [-0.1, -0.05) is 125 Å². The summed E-state index contributed by atoms with van der Waals surface area (Å²) in [5, 5.41) is 4.60. The van der Waals surface area contributed by atoms with Gasteiger partial charge >= 0.3 is 0 Å². The molecule has 9 aromatic rings. The van der Waals surface area contributed by atoms with Gasteiger partial charge in [-0.25, -0.2) is 0 Å². The molecule has 0 aliphatic carbocycles. The number of nitrogens with zero attached hydrogens (tertiary/aromatic N) is 2. The van der Waals surface area contributed by atoms with Gasteiger partial charge in [0.25, 0.3) is 0 Å². The number of halogens is 1. The fourth-order valence-electron chi connectivity index (χ4n) is 6.89. The van der Waals surface area contributed by atoms with Crippen molar-refractivity contribution in [2.24, 2.45) is 0 Å². The number of benzene rings is 8. The molecule has 4 heteroatoms. The standard InChI is InChI=1S/C46H31BrN2O/c47-36-28-41(48(37-15-5-2-6-16-37)39-24-21-33-13-7-8-14-35(33)27-39)30-42(29-36)49(38-22-19-34(20-23-38)32-11-3-1-4-12-32)40-25-26-46-44(31-40)43-17-9-10-18-45(43)50-46/h1-31H. The summed E-state index contributed by atoms with van der Waals surface area (Å²) in [6, 6.07) is 66.4. The van der Waals surface area contributed by atoms with Gasteiger partial charge in [-0.05, 0) is 101 Å². The zero-order valence-corrected chi connectivity index (χ0v) is 28.7. The molecule has 50 heavy (non-hydrogen) atoms. The van der Waals surface area contributed by atoms with Gasteiger partial charge in [0.1, 0.15) is 11.2 Å². The van der Waals surface area contributed by atoms with Gasteiger partial charge in [-0.15, -0.1) is 0 Å². The highest BCUT2D eigenvalue weighted by atomic mass is 79.9. The lowest BCUT2D eigenvalue weighted by Crippen LogP contribution is -2.13. The molecule has 0 fully saturated rings. The van der Waals surface area contributed by atoms with E-state index >= 15 is 0 Å². The number of para-hydroxylation sites is 2. The summed E-state index contributed by atoms with van der Waals surface area (Å²) < 4.78 is 7.21. The van der Waals surface area contributed by atoms with Gasteiger partial charge in [0.05, 0.1) is 0 Å².